The first-order valence-corrected chi connectivity index (χ1v) is 8.92. The predicted octanol–water partition coefficient (Wildman–Crippen LogP) is 4.05. The second-order valence-corrected chi connectivity index (χ2v) is 7.67. The molecule has 0 aromatic carbocycles. The van der Waals surface area contributed by atoms with E-state index in [0.29, 0.717) is 11.5 Å². The van der Waals surface area contributed by atoms with Crippen LogP contribution in [0.2, 0.25) is 5.54 Å². The SMILES string of the molecule is CC1=C(C)C(C)C(C2=C3CCCCC3=[C-]C2[SiH3])=C1C.[Zr]. The zero-order valence-corrected chi connectivity index (χ0v) is 17.9. The molecular formula is C18H25SiZr-. The van der Waals surface area contributed by atoms with Gasteiger partial charge in [0, 0.05) is 32.1 Å². The van der Waals surface area contributed by atoms with Crippen LogP contribution in [0.1, 0.15) is 53.4 Å². The molecule has 0 spiro atoms. The Morgan fingerprint density at radius 2 is 1.65 bits per heavy atom. The van der Waals surface area contributed by atoms with E-state index in [1.54, 1.807) is 33.4 Å². The summed E-state index contributed by atoms with van der Waals surface area (Å²) >= 11 is 0. The molecule has 0 nitrogen and oxygen atoms in total. The second kappa shape index (κ2) is 6.05. The fourth-order valence-corrected chi connectivity index (χ4v) is 5.16. The van der Waals surface area contributed by atoms with Gasteiger partial charge in [0.1, 0.15) is 0 Å². The third-order valence-corrected chi connectivity index (χ3v) is 6.41. The van der Waals surface area contributed by atoms with Crippen LogP contribution in [0.15, 0.2) is 39.0 Å². The summed E-state index contributed by atoms with van der Waals surface area (Å²) in [7, 11) is 1.21. The normalized spacial score (nSPS) is 29.9. The van der Waals surface area contributed by atoms with Gasteiger partial charge in [-0.15, -0.1) is 11.1 Å². The van der Waals surface area contributed by atoms with Crippen LogP contribution in [0, 0.1) is 12.0 Å². The van der Waals surface area contributed by atoms with E-state index < -0.39 is 0 Å². The zero-order valence-electron chi connectivity index (χ0n) is 13.5. The van der Waals surface area contributed by atoms with E-state index >= 15 is 0 Å². The van der Waals surface area contributed by atoms with Gasteiger partial charge in [-0.1, -0.05) is 43.8 Å². The molecule has 0 heterocycles. The molecule has 20 heavy (non-hydrogen) atoms. The van der Waals surface area contributed by atoms with Gasteiger partial charge in [0.25, 0.3) is 0 Å². The van der Waals surface area contributed by atoms with Crippen LogP contribution in [0.25, 0.3) is 0 Å². The molecule has 2 atom stereocenters. The van der Waals surface area contributed by atoms with E-state index in [9.17, 15) is 0 Å². The number of hydrogen-bond acceptors (Lipinski definition) is 0. The maximum Gasteiger partial charge on any atom is 0.00128 e. The van der Waals surface area contributed by atoms with Crippen LogP contribution in [0.3, 0.4) is 0 Å². The van der Waals surface area contributed by atoms with Gasteiger partial charge in [0.15, 0.2) is 0 Å². The van der Waals surface area contributed by atoms with Crippen LogP contribution in [0.5, 0.6) is 0 Å². The molecule has 0 aliphatic heterocycles. The van der Waals surface area contributed by atoms with Gasteiger partial charge < -0.3 is 0 Å². The quantitative estimate of drug-likeness (QED) is 0.489. The second-order valence-electron chi connectivity index (χ2n) is 6.51. The predicted molar refractivity (Wildman–Crippen MR) is 86.2 cm³/mol. The zero-order chi connectivity index (χ0) is 13.7. The van der Waals surface area contributed by atoms with Crippen LogP contribution in [-0.4, -0.2) is 10.2 Å². The molecule has 1 saturated carbocycles. The first kappa shape index (κ1) is 16.4. The monoisotopic (exact) mass is 359 g/mol. The largest absolute Gasteiger partial charge is 0.269 e. The van der Waals surface area contributed by atoms with Crippen molar-refractivity contribution in [3.63, 3.8) is 0 Å². The molecule has 0 saturated heterocycles. The third kappa shape index (κ3) is 2.37. The van der Waals surface area contributed by atoms with Crippen molar-refractivity contribution in [2.75, 3.05) is 0 Å². The Bertz CT molecular complexity index is 560. The van der Waals surface area contributed by atoms with E-state index in [1.807, 2.05) is 0 Å². The van der Waals surface area contributed by atoms with Crippen molar-refractivity contribution >= 4 is 10.2 Å². The van der Waals surface area contributed by atoms with Crippen molar-refractivity contribution in [3.05, 3.63) is 45.1 Å². The van der Waals surface area contributed by atoms with Gasteiger partial charge in [-0.05, 0) is 42.2 Å². The fraction of sp³-hybridized carbons (Fsp3) is 0.556. The third-order valence-electron chi connectivity index (χ3n) is 5.55. The first-order valence-electron chi connectivity index (χ1n) is 7.77. The maximum atomic E-state index is 3.81. The van der Waals surface area contributed by atoms with E-state index in [-0.39, 0.29) is 26.2 Å². The minimum absolute atomic E-state index is 0. The number of allylic oxidation sites excluding steroid dienone is 8. The van der Waals surface area contributed by atoms with Gasteiger partial charge in [-0.25, -0.2) is 5.57 Å². The molecule has 0 radical (unpaired) electrons. The molecule has 3 aliphatic carbocycles. The van der Waals surface area contributed by atoms with Gasteiger partial charge in [-0.2, -0.15) is 5.57 Å². The Balaban J connectivity index is 0.00000147. The Morgan fingerprint density at radius 3 is 2.25 bits per heavy atom. The topological polar surface area (TPSA) is 0 Å². The molecule has 0 aromatic rings. The first-order chi connectivity index (χ1) is 9.02. The molecule has 106 valence electrons. The number of hydrogen-bond donors (Lipinski definition) is 0. The minimum Gasteiger partial charge on any atom is -0.269 e. The number of fused-ring (bicyclic) bond motifs is 1. The van der Waals surface area contributed by atoms with Gasteiger partial charge in [0.2, 0.25) is 0 Å². The minimum atomic E-state index is 0. The molecule has 2 unspecified atom stereocenters. The van der Waals surface area contributed by atoms with Gasteiger partial charge in [-0.3, -0.25) is 6.08 Å². The van der Waals surface area contributed by atoms with Gasteiger partial charge >= 0.3 is 0 Å². The molecule has 0 bridgehead atoms. The van der Waals surface area contributed by atoms with Crippen molar-refractivity contribution < 1.29 is 26.2 Å². The molecule has 0 amide bonds. The standard InChI is InChI=1S/C18H25Si.Zr/c1-10-11(2)13(4)17(12(10)3)18-15-8-6-5-7-14(15)9-16(18)19;/h12,16H,5-8H2,1-4,19H3;/q-1;. The van der Waals surface area contributed by atoms with E-state index in [0.717, 1.165) is 0 Å². The maximum absolute atomic E-state index is 3.81. The van der Waals surface area contributed by atoms with Crippen molar-refractivity contribution in [3.8, 4) is 0 Å². The summed E-state index contributed by atoms with van der Waals surface area (Å²) in [5, 5.41) is 0. The fourth-order valence-electron chi connectivity index (χ4n) is 4.15. The van der Waals surface area contributed by atoms with Crippen molar-refractivity contribution in [1.29, 1.82) is 0 Å². The summed E-state index contributed by atoms with van der Waals surface area (Å²) in [4.78, 5) is 0. The average Bonchev–Trinajstić information content (AvgIpc) is 2.81. The molecule has 1 fully saturated rings. The van der Waals surface area contributed by atoms with Crippen LogP contribution in [0.4, 0.5) is 0 Å². The van der Waals surface area contributed by atoms with E-state index in [1.165, 1.54) is 41.5 Å². The Hall–Kier alpha value is 0.0600. The molecule has 2 heteroatoms. The van der Waals surface area contributed by atoms with Crippen LogP contribution in [-0.2, 0) is 26.2 Å². The Labute approximate surface area is 146 Å². The van der Waals surface area contributed by atoms with E-state index in [2.05, 4.69) is 33.8 Å². The Kier molecular flexibility index (Phi) is 4.97. The summed E-state index contributed by atoms with van der Waals surface area (Å²) in [6.07, 6.45) is 9.14. The number of rotatable bonds is 1. The van der Waals surface area contributed by atoms with Crippen molar-refractivity contribution in [1.82, 2.24) is 0 Å². The summed E-state index contributed by atoms with van der Waals surface area (Å²) in [5.74, 6) is 0.627. The van der Waals surface area contributed by atoms with Crippen molar-refractivity contribution in [2.45, 2.75) is 58.9 Å². The molecule has 0 N–H and O–H groups in total. The summed E-state index contributed by atoms with van der Waals surface area (Å²) in [6.45, 7) is 9.35. The van der Waals surface area contributed by atoms with Gasteiger partial charge in [0.05, 0.1) is 0 Å². The molecule has 3 rings (SSSR count). The van der Waals surface area contributed by atoms with Crippen LogP contribution >= 0.6 is 0 Å². The summed E-state index contributed by atoms with van der Waals surface area (Å²) in [6, 6.07) is 0. The molecule has 0 aromatic heterocycles. The summed E-state index contributed by atoms with van der Waals surface area (Å²) < 4.78 is 0. The molecule has 3 aliphatic rings. The average molecular weight is 361 g/mol. The molecular weight excluding hydrogens is 336 g/mol. The smallest absolute Gasteiger partial charge is 0.00128 e. The van der Waals surface area contributed by atoms with E-state index in [4.69, 9.17) is 0 Å². The Morgan fingerprint density at radius 1 is 1.00 bits per heavy atom. The summed E-state index contributed by atoms with van der Waals surface area (Å²) in [5.41, 5.74) is 12.0. The van der Waals surface area contributed by atoms with Crippen LogP contribution < -0.4 is 0 Å². The van der Waals surface area contributed by atoms with Crippen molar-refractivity contribution in [2.24, 2.45) is 5.92 Å².